The lowest BCUT2D eigenvalue weighted by Crippen LogP contribution is -2.20. The Morgan fingerprint density at radius 3 is 2.94 bits per heavy atom. The molecule has 5 heteroatoms. The largest absolute Gasteiger partial charge is 0.472 e. The predicted molar refractivity (Wildman–Crippen MR) is 63.5 cm³/mol. The number of rotatable bonds is 3. The number of furan rings is 1. The maximum Gasteiger partial charge on any atom is 0.145 e. The second kappa shape index (κ2) is 4.34. The van der Waals surface area contributed by atoms with Crippen molar-refractivity contribution in [3.05, 3.63) is 35.4 Å². The fourth-order valence-corrected chi connectivity index (χ4v) is 1.95. The summed E-state index contributed by atoms with van der Waals surface area (Å²) in [4.78, 5) is 1.99. The number of aryl methyl sites for hydroxylation is 2. The van der Waals surface area contributed by atoms with Gasteiger partial charge in [0.2, 0.25) is 0 Å². The van der Waals surface area contributed by atoms with Crippen molar-refractivity contribution in [3.8, 4) is 6.07 Å². The molecule has 0 bridgehead atoms. The molecule has 0 saturated carbocycles. The summed E-state index contributed by atoms with van der Waals surface area (Å²) in [6.07, 6.45) is 3.34. The number of anilines is 1. The van der Waals surface area contributed by atoms with E-state index in [0.717, 1.165) is 17.1 Å². The molecule has 0 N–H and O–H groups in total. The van der Waals surface area contributed by atoms with Gasteiger partial charge >= 0.3 is 0 Å². The van der Waals surface area contributed by atoms with Gasteiger partial charge in [-0.15, -0.1) is 0 Å². The van der Waals surface area contributed by atoms with E-state index < -0.39 is 0 Å². The molecule has 88 valence electrons. The van der Waals surface area contributed by atoms with Gasteiger partial charge in [0.15, 0.2) is 0 Å². The Bertz CT molecular complexity index is 548. The van der Waals surface area contributed by atoms with E-state index in [0.29, 0.717) is 12.1 Å². The Hall–Kier alpha value is -2.22. The molecule has 0 radical (unpaired) electrons. The van der Waals surface area contributed by atoms with E-state index in [1.165, 1.54) is 0 Å². The minimum Gasteiger partial charge on any atom is -0.472 e. The van der Waals surface area contributed by atoms with Crippen LogP contribution in [-0.4, -0.2) is 16.8 Å². The van der Waals surface area contributed by atoms with E-state index in [-0.39, 0.29) is 0 Å². The number of nitrogens with zero attached hydrogens (tertiary/aromatic N) is 4. The molecule has 0 saturated heterocycles. The zero-order chi connectivity index (χ0) is 12.4. The van der Waals surface area contributed by atoms with Crippen molar-refractivity contribution >= 4 is 5.82 Å². The van der Waals surface area contributed by atoms with E-state index in [9.17, 15) is 0 Å². The molecule has 0 atom stereocenters. The molecule has 0 unspecified atom stereocenters. The van der Waals surface area contributed by atoms with Crippen molar-refractivity contribution in [2.45, 2.75) is 13.5 Å². The third-order valence-electron chi connectivity index (χ3n) is 2.67. The van der Waals surface area contributed by atoms with Gasteiger partial charge < -0.3 is 9.32 Å². The molecule has 0 aliphatic heterocycles. The fraction of sp³-hybridized carbons (Fsp3) is 0.333. The topological polar surface area (TPSA) is 58.0 Å². The smallest absolute Gasteiger partial charge is 0.145 e. The van der Waals surface area contributed by atoms with Gasteiger partial charge in [-0.25, -0.2) is 0 Å². The van der Waals surface area contributed by atoms with E-state index in [1.54, 1.807) is 17.2 Å². The number of hydrogen-bond donors (Lipinski definition) is 0. The summed E-state index contributed by atoms with van der Waals surface area (Å²) in [6.45, 7) is 2.53. The van der Waals surface area contributed by atoms with Gasteiger partial charge in [-0.1, -0.05) is 0 Å². The summed E-state index contributed by atoms with van der Waals surface area (Å²) < 4.78 is 6.76. The Morgan fingerprint density at radius 1 is 1.59 bits per heavy atom. The lowest BCUT2D eigenvalue weighted by atomic mass is 10.2. The minimum atomic E-state index is 0.624. The quantitative estimate of drug-likeness (QED) is 0.807. The average molecular weight is 230 g/mol. The third-order valence-corrected chi connectivity index (χ3v) is 2.67. The molecule has 5 nitrogen and oxygen atoms in total. The van der Waals surface area contributed by atoms with Crippen molar-refractivity contribution in [3.63, 3.8) is 0 Å². The van der Waals surface area contributed by atoms with Crippen LogP contribution in [0.2, 0.25) is 0 Å². The highest BCUT2D eigenvalue weighted by atomic mass is 16.3. The maximum absolute atomic E-state index is 9.14. The summed E-state index contributed by atoms with van der Waals surface area (Å²) in [5.74, 6) is 0.825. The molecule has 0 aliphatic carbocycles. The van der Waals surface area contributed by atoms with Gasteiger partial charge in [-0.3, -0.25) is 4.68 Å². The fourth-order valence-electron chi connectivity index (χ4n) is 1.95. The molecule has 2 aromatic heterocycles. The first-order valence-electron chi connectivity index (χ1n) is 5.29. The Kier molecular flexibility index (Phi) is 2.88. The molecule has 0 amide bonds. The molecule has 0 aliphatic rings. The highest BCUT2D eigenvalue weighted by Gasteiger charge is 2.16. The van der Waals surface area contributed by atoms with E-state index in [2.05, 4.69) is 11.2 Å². The molecule has 2 aromatic rings. The van der Waals surface area contributed by atoms with E-state index in [1.807, 2.05) is 32.0 Å². The Labute approximate surface area is 99.9 Å². The highest BCUT2D eigenvalue weighted by molar-refractivity contribution is 5.56. The first-order chi connectivity index (χ1) is 8.13. The van der Waals surface area contributed by atoms with Crippen molar-refractivity contribution in [2.24, 2.45) is 7.05 Å². The molecule has 0 spiro atoms. The van der Waals surface area contributed by atoms with Crippen molar-refractivity contribution in [1.29, 1.82) is 5.26 Å². The molecule has 0 fully saturated rings. The average Bonchev–Trinajstić information content (AvgIpc) is 2.85. The summed E-state index contributed by atoms with van der Waals surface area (Å²) in [5.41, 5.74) is 2.44. The zero-order valence-corrected chi connectivity index (χ0v) is 10.1. The number of nitriles is 1. The summed E-state index contributed by atoms with van der Waals surface area (Å²) in [7, 11) is 3.78. The summed E-state index contributed by atoms with van der Waals surface area (Å²) >= 11 is 0. The normalized spacial score (nSPS) is 10.2. The first-order valence-corrected chi connectivity index (χ1v) is 5.29. The molecule has 2 heterocycles. The number of hydrogen-bond acceptors (Lipinski definition) is 4. The van der Waals surface area contributed by atoms with Crippen LogP contribution in [0, 0.1) is 18.3 Å². The van der Waals surface area contributed by atoms with Crippen LogP contribution >= 0.6 is 0 Å². The van der Waals surface area contributed by atoms with Crippen molar-refractivity contribution in [2.75, 3.05) is 11.9 Å². The lowest BCUT2D eigenvalue weighted by Gasteiger charge is -2.18. The van der Waals surface area contributed by atoms with Gasteiger partial charge in [0.1, 0.15) is 17.5 Å². The van der Waals surface area contributed by atoms with Crippen LogP contribution in [0.5, 0.6) is 0 Å². The van der Waals surface area contributed by atoms with Gasteiger partial charge in [0, 0.05) is 26.2 Å². The van der Waals surface area contributed by atoms with Gasteiger partial charge in [0.25, 0.3) is 0 Å². The SMILES string of the molecule is Cc1nn(C)c(N(C)Cc2ccoc2)c1C#N. The molecule has 17 heavy (non-hydrogen) atoms. The predicted octanol–water partition coefficient (Wildman–Crippen LogP) is 1.83. The lowest BCUT2D eigenvalue weighted by molar-refractivity contribution is 0.563. The third kappa shape index (κ3) is 2.02. The molecule has 0 aromatic carbocycles. The summed E-state index contributed by atoms with van der Waals surface area (Å²) in [5, 5.41) is 13.4. The van der Waals surface area contributed by atoms with Gasteiger partial charge in [-0.05, 0) is 13.0 Å². The van der Waals surface area contributed by atoms with Crippen LogP contribution in [0.15, 0.2) is 23.0 Å². The van der Waals surface area contributed by atoms with Crippen LogP contribution in [0.1, 0.15) is 16.8 Å². The molecular formula is C12H14N4O. The molecular weight excluding hydrogens is 216 g/mol. The monoisotopic (exact) mass is 230 g/mol. The second-order valence-corrected chi connectivity index (χ2v) is 4.01. The van der Waals surface area contributed by atoms with Crippen LogP contribution < -0.4 is 4.90 Å². The number of aromatic nitrogens is 2. The molecule has 2 rings (SSSR count). The van der Waals surface area contributed by atoms with Crippen molar-refractivity contribution < 1.29 is 4.42 Å². The van der Waals surface area contributed by atoms with Crippen LogP contribution in [0.4, 0.5) is 5.82 Å². The summed E-state index contributed by atoms with van der Waals surface area (Å²) in [6, 6.07) is 4.11. The van der Waals surface area contributed by atoms with E-state index >= 15 is 0 Å². The van der Waals surface area contributed by atoms with Crippen LogP contribution in [0.25, 0.3) is 0 Å². The Morgan fingerprint density at radius 2 is 2.35 bits per heavy atom. The second-order valence-electron chi connectivity index (χ2n) is 4.01. The van der Waals surface area contributed by atoms with Crippen LogP contribution in [0.3, 0.4) is 0 Å². The van der Waals surface area contributed by atoms with Gasteiger partial charge in [0.05, 0.1) is 18.2 Å². The maximum atomic E-state index is 9.14. The first kappa shape index (κ1) is 11.3. The zero-order valence-electron chi connectivity index (χ0n) is 10.1. The Balaban J connectivity index is 2.31. The standard InChI is InChI=1S/C12H14N4O/c1-9-11(6-13)12(16(3)14-9)15(2)7-10-4-5-17-8-10/h4-5,8H,7H2,1-3H3. The highest BCUT2D eigenvalue weighted by Crippen LogP contribution is 2.22. The van der Waals surface area contributed by atoms with Crippen molar-refractivity contribution in [1.82, 2.24) is 9.78 Å². The van der Waals surface area contributed by atoms with Crippen LogP contribution in [-0.2, 0) is 13.6 Å². The van der Waals surface area contributed by atoms with Gasteiger partial charge in [-0.2, -0.15) is 10.4 Å². The van der Waals surface area contributed by atoms with E-state index in [4.69, 9.17) is 9.68 Å². The minimum absolute atomic E-state index is 0.624.